The Morgan fingerprint density at radius 3 is 1.48 bits per heavy atom. The summed E-state index contributed by atoms with van der Waals surface area (Å²) in [6.45, 7) is 8.45. The first-order valence-corrected chi connectivity index (χ1v) is 8.64. The zero-order valence-electron chi connectivity index (χ0n) is 15.2. The molecule has 0 heterocycles. The van der Waals surface area contributed by atoms with Crippen molar-refractivity contribution >= 4 is 11.9 Å². The molecule has 0 amide bonds. The molecule has 0 atom stereocenters. The van der Waals surface area contributed by atoms with Crippen molar-refractivity contribution in [2.45, 2.75) is 79.1 Å². The maximum absolute atomic E-state index is 11.0. The molecule has 136 valence electrons. The standard InChI is InChI=1S/C18H34O5/c1-17(2,15(19)20)11-7-5-6-9-13-23-14-10-8-12-18(3,4)16(21)22/h5-14H2,1-4H3,(H,19,20)(H,21,22). The predicted octanol–water partition coefficient (Wildman–Crippen LogP) is 4.35. The van der Waals surface area contributed by atoms with Crippen LogP contribution in [0.15, 0.2) is 0 Å². The minimum absolute atomic E-state index is 0.625. The van der Waals surface area contributed by atoms with Crippen LogP contribution < -0.4 is 0 Å². The summed E-state index contributed by atoms with van der Waals surface area (Å²) < 4.78 is 5.55. The van der Waals surface area contributed by atoms with Gasteiger partial charge < -0.3 is 14.9 Å². The van der Waals surface area contributed by atoms with E-state index in [2.05, 4.69) is 0 Å². The SMILES string of the molecule is CC(C)(CCCCCCOCCCCC(C)(C)C(=O)O)C(=O)O. The van der Waals surface area contributed by atoms with Gasteiger partial charge in [0.1, 0.15) is 0 Å². The maximum atomic E-state index is 11.0. The first-order valence-electron chi connectivity index (χ1n) is 8.64. The molecular formula is C18H34O5. The van der Waals surface area contributed by atoms with Crippen LogP contribution >= 0.6 is 0 Å². The van der Waals surface area contributed by atoms with E-state index in [1.807, 2.05) is 0 Å². The summed E-state index contributed by atoms with van der Waals surface area (Å²) in [7, 11) is 0. The third kappa shape index (κ3) is 10.3. The quantitative estimate of drug-likeness (QED) is 0.463. The van der Waals surface area contributed by atoms with Gasteiger partial charge in [0.25, 0.3) is 0 Å². The van der Waals surface area contributed by atoms with Crippen LogP contribution in [0.5, 0.6) is 0 Å². The molecule has 0 aliphatic rings. The first-order chi connectivity index (χ1) is 10.6. The Labute approximate surface area is 140 Å². The third-order valence-electron chi connectivity index (χ3n) is 4.34. The molecule has 0 radical (unpaired) electrons. The minimum atomic E-state index is -0.746. The fourth-order valence-electron chi connectivity index (χ4n) is 2.21. The highest BCUT2D eigenvalue weighted by Crippen LogP contribution is 2.24. The Morgan fingerprint density at radius 1 is 0.696 bits per heavy atom. The Balaban J connectivity index is 3.41. The molecule has 0 aliphatic carbocycles. The zero-order chi connectivity index (χ0) is 17.9. The van der Waals surface area contributed by atoms with Crippen molar-refractivity contribution in [1.29, 1.82) is 0 Å². The molecule has 0 rings (SSSR count). The Hall–Kier alpha value is -1.10. The van der Waals surface area contributed by atoms with Crippen molar-refractivity contribution in [2.24, 2.45) is 10.8 Å². The molecular weight excluding hydrogens is 296 g/mol. The van der Waals surface area contributed by atoms with Crippen molar-refractivity contribution in [3.63, 3.8) is 0 Å². The summed E-state index contributed by atoms with van der Waals surface area (Å²) in [6, 6.07) is 0. The highest BCUT2D eigenvalue weighted by atomic mass is 16.5. The number of carboxylic acid groups (broad SMARTS) is 2. The van der Waals surface area contributed by atoms with Gasteiger partial charge in [0.2, 0.25) is 0 Å². The van der Waals surface area contributed by atoms with Gasteiger partial charge in [0.15, 0.2) is 0 Å². The molecule has 0 aromatic carbocycles. The van der Waals surface area contributed by atoms with Gasteiger partial charge in [0, 0.05) is 13.2 Å². The highest BCUT2D eigenvalue weighted by Gasteiger charge is 2.26. The van der Waals surface area contributed by atoms with Crippen molar-refractivity contribution in [3.05, 3.63) is 0 Å². The maximum Gasteiger partial charge on any atom is 0.309 e. The first kappa shape index (κ1) is 21.9. The number of carboxylic acids is 2. The fourth-order valence-corrected chi connectivity index (χ4v) is 2.21. The van der Waals surface area contributed by atoms with Crippen LogP contribution in [0, 0.1) is 10.8 Å². The van der Waals surface area contributed by atoms with Crippen LogP contribution in [0.1, 0.15) is 79.1 Å². The monoisotopic (exact) mass is 330 g/mol. The average Bonchev–Trinajstić information content (AvgIpc) is 2.44. The van der Waals surface area contributed by atoms with Crippen molar-refractivity contribution in [1.82, 2.24) is 0 Å². The van der Waals surface area contributed by atoms with Crippen molar-refractivity contribution in [3.8, 4) is 0 Å². The lowest BCUT2D eigenvalue weighted by Crippen LogP contribution is -2.23. The van der Waals surface area contributed by atoms with Gasteiger partial charge in [0.05, 0.1) is 10.8 Å². The van der Waals surface area contributed by atoms with Crippen LogP contribution in [-0.2, 0) is 14.3 Å². The number of unbranched alkanes of at least 4 members (excludes halogenated alkanes) is 4. The molecule has 5 heteroatoms. The smallest absolute Gasteiger partial charge is 0.309 e. The van der Waals surface area contributed by atoms with E-state index in [-0.39, 0.29) is 0 Å². The third-order valence-corrected chi connectivity index (χ3v) is 4.34. The summed E-state index contributed by atoms with van der Waals surface area (Å²) in [5, 5.41) is 18.0. The summed E-state index contributed by atoms with van der Waals surface area (Å²) in [5.74, 6) is -1.48. The topological polar surface area (TPSA) is 83.8 Å². The lowest BCUT2D eigenvalue weighted by molar-refractivity contribution is -0.148. The van der Waals surface area contributed by atoms with Gasteiger partial charge in [-0.25, -0.2) is 0 Å². The van der Waals surface area contributed by atoms with E-state index < -0.39 is 22.8 Å². The molecule has 0 bridgehead atoms. The summed E-state index contributed by atoms with van der Waals surface area (Å²) in [6.07, 6.45) is 7.16. The number of hydrogen-bond donors (Lipinski definition) is 2. The van der Waals surface area contributed by atoms with Gasteiger partial charge >= 0.3 is 11.9 Å². The number of aliphatic carboxylic acids is 2. The van der Waals surface area contributed by atoms with Gasteiger partial charge in [-0.15, -0.1) is 0 Å². The summed E-state index contributed by atoms with van der Waals surface area (Å²) >= 11 is 0. The second kappa shape index (κ2) is 10.6. The van der Waals surface area contributed by atoms with E-state index >= 15 is 0 Å². The fraction of sp³-hybridized carbons (Fsp3) is 0.889. The lowest BCUT2D eigenvalue weighted by atomic mass is 9.87. The number of hydrogen-bond acceptors (Lipinski definition) is 3. The van der Waals surface area contributed by atoms with Gasteiger partial charge in [-0.2, -0.15) is 0 Å². The van der Waals surface area contributed by atoms with E-state index in [4.69, 9.17) is 14.9 Å². The molecule has 0 fully saturated rings. The molecule has 0 unspecified atom stereocenters. The zero-order valence-corrected chi connectivity index (χ0v) is 15.2. The Morgan fingerprint density at radius 2 is 1.04 bits per heavy atom. The van der Waals surface area contributed by atoms with E-state index in [0.29, 0.717) is 19.4 Å². The average molecular weight is 330 g/mol. The highest BCUT2D eigenvalue weighted by molar-refractivity contribution is 5.73. The summed E-state index contributed by atoms with van der Waals surface area (Å²) in [5.41, 5.74) is -1.27. The second-order valence-corrected chi connectivity index (χ2v) is 7.61. The minimum Gasteiger partial charge on any atom is -0.481 e. The molecule has 2 N–H and O–H groups in total. The van der Waals surface area contributed by atoms with Crippen LogP contribution in [0.2, 0.25) is 0 Å². The molecule has 23 heavy (non-hydrogen) atoms. The van der Waals surface area contributed by atoms with Gasteiger partial charge in [-0.05, 0) is 53.4 Å². The van der Waals surface area contributed by atoms with Crippen LogP contribution in [0.3, 0.4) is 0 Å². The molecule has 0 aliphatic heterocycles. The van der Waals surface area contributed by atoms with Gasteiger partial charge in [-0.1, -0.05) is 25.7 Å². The number of ether oxygens (including phenoxy) is 1. The number of rotatable bonds is 14. The van der Waals surface area contributed by atoms with E-state index in [1.54, 1.807) is 27.7 Å². The predicted molar refractivity (Wildman–Crippen MR) is 90.6 cm³/mol. The largest absolute Gasteiger partial charge is 0.481 e. The lowest BCUT2D eigenvalue weighted by Gasteiger charge is -2.18. The second-order valence-electron chi connectivity index (χ2n) is 7.61. The van der Waals surface area contributed by atoms with E-state index in [0.717, 1.165) is 45.1 Å². The Kier molecular flexibility index (Phi) is 10.1. The van der Waals surface area contributed by atoms with E-state index in [9.17, 15) is 9.59 Å². The van der Waals surface area contributed by atoms with Crippen molar-refractivity contribution in [2.75, 3.05) is 13.2 Å². The summed E-state index contributed by atoms with van der Waals surface area (Å²) in [4.78, 5) is 21.9. The molecule has 5 nitrogen and oxygen atoms in total. The molecule has 0 saturated heterocycles. The van der Waals surface area contributed by atoms with Crippen molar-refractivity contribution < 1.29 is 24.5 Å². The van der Waals surface area contributed by atoms with Gasteiger partial charge in [-0.3, -0.25) is 9.59 Å². The Bertz CT molecular complexity index is 326. The number of carbonyl (C=O) groups is 2. The van der Waals surface area contributed by atoms with Crippen LogP contribution in [-0.4, -0.2) is 35.4 Å². The van der Waals surface area contributed by atoms with E-state index in [1.165, 1.54) is 0 Å². The molecule has 0 aromatic rings. The molecule has 0 spiro atoms. The normalized spacial score (nSPS) is 12.3. The molecule has 0 saturated carbocycles. The van der Waals surface area contributed by atoms with Crippen LogP contribution in [0.4, 0.5) is 0 Å². The molecule has 0 aromatic heterocycles. The van der Waals surface area contributed by atoms with Crippen LogP contribution in [0.25, 0.3) is 0 Å².